The molecule has 0 saturated heterocycles. The molecule has 2 nitrogen and oxygen atoms in total. The lowest BCUT2D eigenvalue weighted by atomic mass is 9.68. The molecule has 1 aliphatic carbocycles. The van der Waals surface area contributed by atoms with E-state index in [0.29, 0.717) is 23.7 Å². The maximum Gasteiger partial charge on any atom is 0.0801 e. The van der Waals surface area contributed by atoms with Gasteiger partial charge in [0, 0.05) is 0 Å². The van der Waals surface area contributed by atoms with Crippen LogP contribution in [0.4, 0.5) is 0 Å². The second kappa shape index (κ2) is 5.13. The Labute approximate surface area is 87.3 Å². The summed E-state index contributed by atoms with van der Waals surface area (Å²) in [7, 11) is 0. The fourth-order valence-electron chi connectivity index (χ4n) is 2.85. The molecule has 0 aromatic rings. The molecule has 0 heterocycles. The third-order valence-corrected chi connectivity index (χ3v) is 3.75. The van der Waals surface area contributed by atoms with Gasteiger partial charge in [0.15, 0.2) is 0 Å². The lowest BCUT2D eigenvalue weighted by Crippen LogP contribution is -2.37. The largest absolute Gasteiger partial charge is 0.394 e. The van der Waals surface area contributed by atoms with Gasteiger partial charge in [0.05, 0.1) is 12.7 Å². The molecule has 2 N–H and O–H groups in total. The van der Waals surface area contributed by atoms with E-state index in [0.717, 1.165) is 6.42 Å². The summed E-state index contributed by atoms with van der Waals surface area (Å²) in [5.74, 6) is 2.22. The minimum Gasteiger partial charge on any atom is -0.394 e. The highest BCUT2D eigenvalue weighted by Crippen LogP contribution is 2.39. The van der Waals surface area contributed by atoms with Gasteiger partial charge in [0.1, 0.15) is 0 Å². The molecule has 84 valence electrons. The summed E-state index contributed by atoms with van der Waals surface area (Å²) in [6.07, 6.45) is 3.05. The fourth-order valence-corrected chi connectivity index (χ4v) is 2.85. The number of hydrogen-bond acceptors (Lipinski definition) is 2. The molecule has 0 aliphatic heterocycles. The summed E-state index contributed by atoms with van der Waals surface area (Å²) in [5.41, 5.74) is 0. The molecule has 14 heavy (non-hydrogen) atoms. The number of rotatable bonds is 3. The van der Waals surface area contributed by atoms with Gasteiger partial charge in [-0.1, -0.05) is 27.2 Å². The van der Waals surface area contributed by atoms with Crippen molar-refractivity contribution < 1.29 is 10.2 Å². The molecule has 0 spiro atoms. The van der Waals surface area contributed by atoms with Crippen molar-refractivity contribution in [1.82, 2.24) is 0 Å². The van der Waals surface area contributed by atoms with Crippen LogP contribution in [0, 0.1) is 23.7 Å². The highest BCUT2D eigenvalue weighted by molar-refractivity contribution is 4.84. The van der Waals surface area contributed by atoms with Crippen LogP contribution in [-0.2, 0) is 0 Å². The van der Waals surface area contributed by atoms with E-state index >= 15 is 0 Å². The standard InChI is InChI=1S/C12H24O2/c1-8(2)10-5-4-9(3)6-11(10)12(14)7-13/h8-14H,4-7H2,1-3H3. The molecule has 4 atom stereocenters. The van der Waals surface area contributed by atoms with Gasteiger partial charge in [-0.25, -0.2) is 0 Å². The van der Waals surface area contributed by atoms with Gasteiger partial charge in [-0.2, -0.15) is 0 Å². The maximum atomic E-state index is 9.77. The van der Waals surface area contributed by atoms with Gasteiger partial charge in [0.25, 0.3) is 0 Å². The monoisotopic (exact) mass is 200 g/mol. The van der Waals surface area contributed by atoms with Gasteiger partial charge >= 0.3 is 0 Å². The zero-order valence-electron chi connectivity index (χ0n) is 9.61. The quantitative estimate of drug-likeness (QED) is 0.732. The Morgan fingerprint density at radius 1 is 1.21 bits per heavy atom. The van der Waals surface area contributed by atoms with Crippen LogP contribution in [0.1, 0.15) is 40.0 Å². The lowest BCUT2D eigenvalue weighted by molar-refractivity contribution is -0.0158. The third kappa shape index (κ3) is 2.71. The Morgan fingerprint density at radius 3 is 2.36 bits per heavy atom. The summed E-state index contributed by atoms with van der Waals surface area (Å²) < 4.78 is 0. The van der Waals surface area contributed by atoms with E-state index in [4.69, 9.17) is 5.11 Å². The smallest absolute Gasteiger partial charge is 0.0801 e. The van der Waals surface area contributed by atoms with E-state index in [2.05, 4.69) is 20.8 Å². The average molecular weight is 200 g/mol. The first-order valence-corrected chi connectivity index (χ1v) is 5.85. The van der Waals surface area contributed by atoms with Crippen LogP contribution in [-0.4, -0.2) is 22.9 Å². The highest BCUT2D eigenvalue weighted by Gasteiger charge is 2.34. The van der Waals surface area contributed by atoms with Crippen molar-refractivity contribution in [2.75, 3.05) is 6.61 Å². The van der Waals surface area contributed by atoms with Crippen LogP contribution in [0.5, 0.6) is 0 Å². The third-order valence-electron chi connectivity index (χ3n) is 3.75. The van der Waals surface area contributed by atoms with E-state index in [-0.39, 0.29) is 6.61 Å². The maximum absolute atomic E-state index is 9.77. The molecule has 1 aliphatic rings. The van der Waals surface area contributed by atoms with Gasteiger partial charge in [-0.05, 0) is 36.5 Å². The first kappa shape index (κ1) is 12.0. The summed E-state index contributed by atoms with van der Waals surface area (Å²) in [4.78, 5) is 0. The minimum atomic E-state index is -0.509. The second-order valence-electron chi connectivity index (χ2n) is 5.24. The van der Waals surface area contributed by atoms with Gasteiger partial charge < -0.3 is 10.2 Å². The van der Waals surface area contributed by atoms with Crippen LogP contribution in [0.2, 0.25) is 0 Å². The van der Waals surface area contributed by atoms with Crippen molar-refractivity contribution in [3.8, 4) is 0 Å². The van der Waals surface area contributed by atoms with Crippen molar-refractivity contribution >= 4 is 0 Å². The lowest BCUT2D eigenvalue weighted by Gasteiger charge is -2.39. The number of aliphatic hydroxyl groups is 2. The zero-order valence-corrected chi connectivity index (χ0v) is 9.61. The Balaban J connectivity index is 2.63. The van der Waals surface area contributed by atoms with Crippen LogP contribution in [0.3, 0.4) is 0 Å². The SMILES string of the molecule is CC1CCC(C(C)C)C(C(O)CO)C1. The molecule has 1 fully saturated rings. The van der Waals surface area contributed by atoms with E-state index < -0.39 is 6.10 Å². The molecule has 1 saturated carbocycles. The fraction of sp³-hybridized carbons (Fsp3) is 1.00. The average Bonchev–Trinajstić information content (AvgIpc) is 2.16. The molecule has 1 rings (SSSR count). The summed E-state index contributed by atoms with van der Waals surface area (Å²) in [6.45, 7) is 6.60. The molecule has 4 unspecified atom stereocenters. The molecular formula is C12H24O2. The summed E-state index contributed by atoms with van der Waals surface area (Å²) >= 11 is 0. The molecule has 0 radical (unpaired) electrons. The molecule has 0 aromatic heterocycles. The van der Waals surface area contributed by atoms with E-state index in [1.807, 2.05) is 0 Å². The molecule has 0 amide bonds. The van der Waals surface area contributed by atoms with Gasteiger partial charge in [0.2, 0.25) is 0 Å². The van der Waals surface area contributed by atoms with E-state index in [1.54, 1.807) is 0 Å². The van der Waals surface area contributed by atoms with Crippen LogP contribution in [0.25, 0.3) is 0 Å². The van der Waals surface area contributed by atoms with Crippen LogP contribution in [0.15, 0.2) is 0 Å². The normalized spacial score (nSPS) is 36.0. The van der Waals surface area contributed by atoms with Crippen molar-refractivity contribution in [3.05, 3.63) is 0 Å². The molecule has 0 bridgehead atoms. The van der Waals surface area contributed by atoms with Gasteiger partial charge in [-0.3, -0.25) is 0 Å². The van der Waals surface area contributed by atoms with Crippen LogP contribution >= 0.6 is 0 Å². The zero-order chi connectivity index (χ0) is 10.7. The number of hydrogen-bond donors (Lipinski definition) is 2. The second-order valence-corrected chi connectivity index (χ2v) is 5.24. The highest BCUT2D eigenvalue weighted by atomic mass is 16.3. The first-order valence-electron chi connectivity index (χ1n) is 5.85. The van der Waals surface area contributed by atoms with Crippen molar-refractivity contribution in [1.29, 1.82) is 0 Å². The van der Waals surface area contributed by atoms with E-state index in [9.17, 15) is 5.11 Å². The topological polar surface area (TPSA) is 40.5 Å². The molecular weight excluding hydrogens is 176 g/mol. The molecule has 0 aromatic carbocycles. The number of aliphatic hydroxyl groups excluding tert-OH is 2. The van der Waals surface area contributed by atoms with Crippen LogP contribution < -0.4 is 0 Å². The van der Waals surface area contributed by atoms with Crippen molar-refractivity contribution in [2.24, 2.45) is 23.7 Å². The summed E-state index contributed by atoms with van der Waals surface area (Å²) in [6, 6.07) is 0. The first-order chi connectivity index (χ1) is 6.56. The minimum absolute atomic E-state index is 0.0827. The van der Waals surface area contributed by atoms with Gasteiger partial charge in [-0.15, -0.1) is 0 Å². The Morgan fingerprint density at radius 2 is 1.86 bits per heavy atom. The summed E-state index contributed by atoms with van der Waals surface area (Å²) in [5, 5.41) is 18.8. The van der Waals surface area contributed by atoms with Crippen molar-refractivity contribution in [3.63, 3.8) is 0 Å². The van der Waals surface area contributed by atoms with E-state index in [1.165, 1.54) is 12.8 Å². The Hall–Kier alpha value is -0.0800. The Kier molecular flexibility index (Phi) is 4.39. The predicted molar refractivity (Wildman–Crippen MR) is 57.9 cm³/mol. The van der Waals surface area contributed by atoms with Crippen molar-refractivity contribution in [2.45, 2.75) is 46.1 Å². The predicted octanol–water partition coefficient (Wildman–Crippen LogP) is 2.05. The Bertz CT molecular complexity index is 168. The molecule has 2 heteroatoms.